The van der Waals surface area contributed by atoms with Crippen molar-refractivity contribution < 1.29 is 14.0 Å². The van der Waals surface area contributed by atoms with Crippen molar-refractivity contribution in [3.8, 4) is 0 Å². The lowest BCUT2D eigenvalue weighted by Crippen LogP contribution is -2.34. The lowest BCUT2D eigenvalue weighted by atomic mass is 10.0. The molecule has 2 aromatic carbocycles. The van der Waals surface area contributed by atoms with Crippen LogP contribution in [0.5, 0.6) is 0 Å². The van der Waals surface area contributed by atoms with E-state index >= 15 is 0 Å². The number of benzene rings is 2. The molecule has 0 saturated heterocycles. The van der Waals surface area contributed by atoms with E-state index in [2.05, 4.69) is 6.92 Å². The molecule has 0 aromatic heterocycles. The first-order chi connectivity index (χ1) is 14.0. The molecule has 3 rings (SSSR count). The number of nitrogens with zero attached hydrogens (tertiary/aromatic N) is 2. The molecule has 0 spiro atoms. The fourth-order valence-electron chi connectivity index (χ4n) is 3.63. The number of carbonyl (C=O) groups excluding carboxylic acids is 2. The number of rotatable bonds is 9. The fourth-order valence-corrected chi connectivity index (χ4v) is 3.63. The van der Waals surface area contributed by atoms with E-state index < -0.39 is 0 Å². The summed E-state index contributed by atoms with van der Waals surface area (Å²) in [6.45, 7) is 3.03. The van der Waals surface area contributed by atoms with Crippen molar-refractivity contribution in [3.05, 3.63) is 77.2 Å². The van der Waals surface area contributed by atoms with Gasteiger partial charge in [-0.2, -0.15) is 0 Å². The SMILES string of the molecule is CCCCCCN1C(=O)C(c2ccc(F)cc2)=C(N(C)Cc2ccccc2)C1=O. The van der Waals surface area contributed by atoms with Crippen LogP contribution >= 0.6 is 0 Å². The summed E-state index contributed by atoms with van der Waals surface area (Å²) in [5.41, 5.74) is 2.34. The van der Waals surface area contributed by atoms with Gasteiger partial charge in [0.25, 0.3) is 11.8 Å². The molecule has 152 valence electrons. The minimum Gasteiger partial charge on any atom is -0.365 e. The van der Waals surface area contributed by atoms with Gasteiger partial charge in [0.05, 0.1) is 5.57 Å². The van der Waals surface area contributed by atoms with Gasteiger partial charge in [0.2, 0.25) is 0 Å². The van der Waals surface area contributed by atoms with Gasteiger partial charge in [-0.3, -0.25) is 14.5 Å². The summed E-state index contributed by atoms with van der Waals surface area (Å²) in [7, 11) is 1.82. The van der Waals surface area contributed by atoms with Crippen LogP contribution in [0.2, 0.25) is 0 Å². The Morgan fingerprint density at radius 1 is 0.897 bits per heavy atom. The number of imide groups is 1. The molecular weight excluding hydrogens is 367 g/mol. The summed E-state index contributed by atoms with van der Waals surface area (Å²) >= 11 is 0. The molecule has 2 aromatic rings. The van der Waals surface area contributed by atoms with Crippen molar-refractivity contribution in [3.63, 3.8) is 0 Å². The van der Waals surface area contributed by atoms with Crippen LogP contribution in [0.25, 0.3) is 5.57 Å². The Hall–Kier alpha value is -2.95. The highest BCUT2D eigenvalue weighted by Gasteiger charge is 2.40. The molecule has 0 bridgehead atoms. The van der Waals surface area contributed by atoms with E-state index in [1.165, 1.54) is 17.0 Å². The molecule has 0 saturated carbocycles. The first kappa shape index (κ1) is 20.8. The van der Waals surface area contributed by atoms with E-state index in [-0.39, 0.29) is 17.6 Å². The summed E-state index contributed by atoms with van der Waals surface area (Å²) in [6, 6.07) is 15.6. The van der Waals surface area contributed by atoms with E-state index in [0.29, 0.717) is 29.9 Å². The Kier molecular flexibility index (Phi) is 6.81. The van der Waals surface area contributed by atoms with E-state index in [0.717, 1.165) is 31.2 Å². The second kappa shape index (κ2) is 9.50. The predicted molar refractivity (Wildman–Crippen MR) is 112 cm³/mol. The lowest BCUT2D eigenvalue weighted by molar-refractivity contribution is -0.137. The van der Waals surface area contributed by atoms with E-state index in [4.69, 9.17) is 0 Å². The largest absolute Gasteiger partial charge is 0.365 e. The number of likely N-dealkylation sites (N-methyl/N-ethyl adjacent to an activating group) is 1. The zero-order chi connectivity index (χ0) is 20.8. The van der Waals surface area contributed by atoms with Gasteiger partial charge >= 0.3 is 0 Å². The maximum absolute atomic E-state index is 13.4. The maximum Gasteiger partial charge on any atom is 0.277 e. The fraction of sp³-hybridized carbons (Fsp3) is 0.333. The Bertz CT molecular complexity index is 891. The van der Waals surface area contributed by atoms with Crippen LogP contribution in [-0.4, -0.2) is 35.2 Å². The molecule has 0 radical (unpaired) electrons. The standard InChI is InChI=1S/C24H27FN2O2/c1-3-4-5-9-16-27-23(28)21(19-12-14-20(25)15-13-19)22(24(27)29)26(2)17-18-10-7-6-8-11-18/h6-8,10-15H,3-5,9,16-17H2,1-2H3. The van der Waals surface area contributed by atoms with Crippen molar-refractivity contribution >= 4 is 17.4 Å². The lowest BCUT2D eigenvalue weighted by Gasteiger charge is -2.21. The van der Waals surface area contributed by atoms with Crippen LogP contribution in [-0.2, 0) is 16.1 Å². The minimum atomic E-state index is -0.373. The average molecular weight is 394 g/mol. The molecular formula is C24H27FN2O2. The first-order valence-electron chi connectivity index (χ1n) is 10.1. The quantitative estimate of drug-likeness (QED) is 0.460. The molecule has 1 aliphatic heterocycles. The number of unbranched alkanes of at least 4 members (excludes halogenated alkanes) is 3. The van der Waals surface area contributed by atoms with Gasteiger partial charge in [0, 0.05) is 20.1 Å². The van der Waals surface area contributed by atoms with E-state index in [9.17, 15) is 14.0 Å². The molecule has 0 atom stereocenters. The number of halogens is 1. The second-order valence-electron chi connectivity index (χ2n) is 7.39. The molecule has 0 N–H and O–H groups in total. The van der Waals surface area contributed by atoms with Crippen LogP contribution in [0.4, 0.5) is 4.39 Å². The Morgan fingerprint density at radius 2 is 1.59 bits per heavy atom. The van der Waals surface area contributed by atoms with Crippen molar-refractivity contribution in [2.75, 3.05) is 13.6 Å². The summed E-state index contributed by atoms with van der Waals surface area (Å²) in [6.07, 6.45) is 3.94. The zero-order valence-electron chi connectivity index (χ0n) is 17.0. The number of hydrogen-bond donors (Lipinski definition) is 0. The normalized spacial score (nSPS) is 14.1. The molecule has 0 unspecified atom stereocenters. The van der Waals surface area contributed by atoms with Crippen LogP contribution in [0.1, 0.15) is 43.7 Å². The third-order valence-electron chi connectivity index (χ3n) is 5.16. The van der Waals surface area contributed by atoms with Crippen LogP contribution in [0, 0.1) is 5.82 Å². The molecule has 5 heteroatoms. The molecule has 1 aliphatic rings. The summed E-state index contributed by atoms with van der Waals surface area (Å²) in [5, 5.41) is 0. The second-order valence-corrected chi connectivity index (χ2v) is 7.39. The third kappa shape index (κ3) is 4.73. The highest BCUT2D eigenvalue weighted by molar-refractivity contribution is 6.35. The number of carbonyl (C=O) groups is 2. The topological polar surface area (TPSA) is 40.6 Å². The third-order valence-corrected chi connectivity index (χ3v) is 5.16. The molecule has 0 aliphatic carbocycles. The molecule has 29 heavy (non-hydrogen) atoms. The van der Waals surface area contributed by atoms with E-state index in [1.54, 1.807) is 12.1 Å². The summed E-state index contributed by atoms with van der Waals surface area (Å²) in [5.74, 6) is -0.945. The summed E-state index contributed by atoms with van der Waals surface area (Å²) < 4.78 is 13.4. The molecule has 2 amide bonds. The van der Waals surface area contributed by atoms with Gasteiger partial charge < -0.3 is 4.90 Å². The maximum atomic E-state index is 13.4. The molecule has 1 heterocycles. The van der Waals surface area contributed by atoms with Crippen molar-refractivity contribution in [1.29, 1.82) is 0 Å². The van der Waals surface area contributed by atoms with Gasteiger partial charge in [0.15, 0.2) is 0 Å². The van der Waals surface area contributed by atoms with Crippen LogP contribution < -0.4 is 0 Å². The zero-order valence-corrected chi connectivity index (χ0v) is 17.0. The van der Waals surface area contributed by atoms with Gasteiger partial charge in [-0.1, -0.05) is 68.7 Å². The number of amides is 2. The first-order valence-corrected chi connectivity index (χ1v) is 10.1. The predicted octanol–water partition coefficient (Wildman–Crippen LogP) is 4.62. The Balaban J connectivity index is 1.92. The Labute approximate surface area is 171 Å². The van der Waals surface area contributed by atoms with Crippen molar-refractivity contribution in [2.24, 2.45) is 0 Å². The smallest absolute Gasteiger partial charge is 0.277 e. The highest BCUT2D eigenvalue weighted by Crippen LogP contribution is 2.32. The minimum absolute atomic E-state index is 0.274. The van der Waals surface area contributed by atoms with Crippen LogP contribution in [0.15, 0.2) is 60.3 Å². The molecule has 4 nitrogen and oxygen atoms in total. The molecule has 0 fully saturated rings. The summed E-state index contributed by atoms with van der Waals surface area (Å²) in [4.78, 5) is 29.5. The van der Waals surface area contributed by atoms with Crippen molar-refractivity contribution in [1.82, 2.24) is 9.80 Å². The van der Waals surface area contributed by atoms with Crippen molar-refractivity contribution in [2.45, 2.75) is 39.2 Å². The van der Waals surface area contributed by atoms with Gasteiger partial charge in [-0.25, -0.2) is 4.39 Å². The number of hydrogen-bond acceptors (Lipinski definition) is 3. The van der Waals surface area contributed by atoms with Crippen LogP contribution in [0.3, 0.4) is 0 Å². The monoisotopic (exact) mass is 394 g/mol. The average Bonchev–Trinajstić information content (AvgIpc) is 2.97. The van der Waals surface area contributed by atoms with Gasteiger partial charge in [0.1, 0.15) is 11.5 Å². The van der Waals surface area contributed by atoms with E-state index in [1.807, 2.05) is 42.3 Å². The highest BCUT2D eigenvalue weighted by atomic mass is 19.1. The Morgan fingerprint density at radius 3 is 2.24 bits per heavy atom. The van der Waals surface area contributed by atoms with Gasteiger partial charge in [-0.15, -0.1) is 0 Å². The van der Waals surface area contributed by atoms with Gasteiger partial charge in [-0.05, 0) is 29.7 Å².